The van der Waals surface area contributed by atoms with Crippen LogP contribution in [-0.4, -0.2) is 17.3 Å². The zero-order chi connectivity index (χ0) is 10.1. The fourth-order valence-electron chi connectivity index (χ4n) is 1.85. The standard InChI is InChI=1S/C12H15NS/c1-4-9(2)12-13(3)10-7-5-6-8-11(10)14-12/h4,6,8,12H,1-2,5,7H2,3H3/t12-/m1/s1. The molecule has 0 aromatic carbocycles. The number of hydrogen-bond acceptors (Lipinski definition) is 2. The maximum Gasteiger partial charge on any atom is 0.104 e. The molecule has 1 aliphatic carbocycles. The van der Waals surface area contributed by atoms with Gasteiger partial charge in [0.2, 0.25) is 0 Å². The van der Waals surface area contributed by atoms with E-state index in [4.69, 9.17) is 0 Å². The van der Waals surface area contributed by atoms with Gasteiger partial charge >= 0.3 is 0 Å². The third-order valence-electron chi connectivity index (χ3n) is 2.70. The van der Waals surface area contributed by atoms with Gasteiger partial charge in [-0.05, 0) is 18.4 Å². The number of hydrogen-bond donors (Lipinski definition) is 0. The molecule has 0 radical (unpaired) electrons. The van der Waals surface area contributed by atoms with Crippen LogP contribution < -0.4 is 0 Å². The predicted octanol–water partition coefficient (Wildman–Crippen LogP) is 3.29. The lowest BCUT2D eigenvalue weighted by atomic mass is 10.1. The van der Waals surface area contributed by atoms with E-state index >= 15 is 0 Å². The van der Waals surface area contributed by atoms with Gasteiger partial charge in [0, 0.05) is 17.6 Å². The fourth-order valence-corrected chi connectivity index (χ4v) is 3.18. The van der Waals surface area contributed by atoms with Gasteiger partial charge in [-0.1, -0.05) is 43.1 Å². The van der Waals surface area contributed by atoms with Crippen molar-refractivity contribution in [3.05, 3.63) is 47.6 Å². The summed E-state index contributed by atoms with van der Waals surface area (Å²) in [6.07, 6.45) is 8.67. The quantitative estimate of drug-likeness (QED) is 0.636. The van der Waals surface area contributed by atoms with Crippen molar-refractivity contribution >= 4 is 11.8 Å². The van der Waals surface area contributed by atoms with Gasteiger partial charge in [-0.3, -0.25) is 0 Å². The van der Waals surface area contributed by atoms with Crippen LogP contribution in [0.15, 0.2) is 47.6 Å². The van der Waals surface area contributed by atoms with Gasteiger partial charge in [0.05, 0.1) is 0 Å². The van der Waals surface area contributed by atoms with Crippen molar-refractivity contribution in [3.8, 4) is 0 Å². The minimum Gasteiger partial charge on any atom is -0.361 e. The first kappa shape index (κ1) is 9.66. The first-order valence-electron chi connectivity index (χ1n) is 4.84. The van der Waals surface area contributed by atoms with Crippen LogP contribution in [0.5, 0.6) is 0 Å². The molecule has 0 aromatic heterocycles. The topological polar surface area (TPSA) is 3.24 Å². The molecule has 2 rings (SSSR count). The third-order valence-corrected chi connectivity index (χ3v) is 4.16. The Balaban J connectivity index is 2.21. The number of likely N-dealkylation sites (N-methyl/N-ethyl adjacent to an activating group) is 1. The Hall–Kier alpha value is -0.890. The second-order valence-electron chi connectivity index (χ2n) is 3.61. The van der Waals surface area contributed by atoms with Gasteiger partial charge in [-0.15, -0.1) is 0 Å². The maximum absolute atomic E-state index is 4.03. The molecule has 1 nitrogen and oxygen atoms in total. The van der Waals surface area contributed by atoms with Crippen LogP contribution in [0.25, 0.3) is 0 Å². The summed E-state index contributed by atoms with van der Waals surface area (Å²) in [4.78, 5) is 3.74. The fraction of sp³-hybridized carbons (Fsp3) is 0.333. The highest BCUT2D eigenvalue weighted by Gasteiger charge is 2.30. The molecule has 1 heterocycles. The van der Waals surface area contributed by atoms with Crippen molar-refractivity contribution < 1.29 is 0 Å². The number of thioether (sulfide) groups is 1. The van der Waals surface area contributed by atoms with E-state index in [9.17, 15) is 0 Å². The molecule has 0 saturated carbocycles. The maximum atomic E-state index is 4.03. The Morgan fingerprint density at radius 2 is 2.50 bits per heavy atom. The summed E-state index contributed by atoms with van der Waals surface area (Å²) >= 11 is 1.88. The molecule has 74 valence electrons. The molecule has 1 aliphatic heterocycles. The molecule has 0 N–H and O–H groups in total. The van der Waals surface area contributed by atoms with Crippen LogP contribution in [-0.2, 0) is 0 Å². The van der Waals surface area contributed by atoms with E-state index in [0.29, 0.717) is 5.37 Å². The third kappa shape index (κ3) is 1.44. The minimum absolute atomic E-state index is 0.361. The Labute approximate surface area is 89.9 Å². The molecule has 14 heavy (non-hydrogen) atoms. The molecule has 2 aliphatic rings. The monoisotopic (exact) mass is 205 g/mol. The lowest BCUT2D eigenvalue weighted by Gasteiger charge is -2.24. The zero-order valence-corrected chi connectivity index (χ0v) is 9.31. The first-order valence-corrected chi connectivity index (χ1v) is 5.72. The first-order chi connectivity index (χ1) is 6.74. The summed E-state index contributed by atoms with van der Waals surface area (Å²) in [6, 6.07) is 0. The van der Waals surface area contributed by atoms with E-state index in [-0.39, 0.29) is 0 Å². The van der Waals surface area contributed by atoms with Crippen molar-refractivity contribution in [2.45, 2.75) is 18.2 Å². The Kier molecular flexibility index (Phi) is 2.55. The molecule has 0 fully saturated rings. The molecule has 0 bridgehead atoms. The normalized spacial score (nSPS) is 25.2. The van der Waals surface area contributed by atoms with Crippen LogP contribution in [0.2, 0.25) is 0 Å². The summed E-state index contributed by atoms with van der Waals surface area (Å²) in [7, 11) is 2.15. The zero-order valence-electron chi connectivity index (χ0n) is 8.49. The van der Waals surface area contributed by atoms with Gasteiger partial charge in [0.15, 0.2) is 0 Å². The van der Waals surface area contributed by atoms with Crippen molar-refractivity contribution in [1.82, 2.24) is 4.90 Å². The Bertz CT molecular complexity index is 338. The molecular weight excluding hydrogens is 190 g/mol. The van der Waals surface area contributed by atoms with E-state index in [1.165, 1.54) is 10.6 Å². The van der Waals surface area contributed by atoms with Crippen molar-refractivity contribution in [3.63, 3.8) is 0 Å². The van der Waals surface area contributed by atoms with Gasteiger partial charge in [-0.2, -0.15) is 0 Å². The summed E-state index contributed by atoms with van der Waals surface area (Å²) < 4.78 is 0. The number of rotatable bonds is 2. The molecule has 2 heteroatoms. The molecule has 0 spiro atoms. The predicted molar refractivity (Wildman–Crippen MR) is 63.9 cm³/mol. The number of allylic oxidation sites excluding steroid dienone is 3. The van der Waals surface area contributed by atoms with Gasteiger partial charge in [0.25, 0.3) is 0 Å². The lowest BCUT2D eigenvalue weighted by Crippen LogP contribution is -2.24. The molecular formula is C12H15NS. The smallest absolute Gasteiger partial charge is 0.104 e. The van der Waals surface area contributed by atoms with E-state index in [1.54, 1.807) is 0 Å². The summed E-state index contributed by atoms with van der Waals surface area (Å²) in [5.74, 6) is 0. The van der Waals surface area contributed by atoms with E-state index in [1.807, 2.05) is 17.8 Å². The van der Waals surface area contributed by atoms with Gasteiger partial charge < -0.3 is 4.90 Å². The number of nitrogens with zero attached hydrogens (tertiary/aromatic N) is 1. The second-order valence-corrected chi connectivity index (χ2v) is 4.73. The van der Waals surface area contributed by atoms with Crippen molar-refractivity contribution in [1.29, 1.82) is 0 Å². The van der Waals surface area contributed by atoms with Crippen molar-refractivity contribution in [2.24, 2.45) is 0 Å². The second kappa shape index (κ2) is 3.70. The molecule has 1 atom stereocenters. The average Bonchev–Trinajstić information content (AvgIpc) is 2.56. The Morgan fingerprint density at radius 1 is 1.71 bits per heavy atom. The largest absolute Gasteiger partial charge is 0.361 e. The van der Waals surface area contributed by atoms with Crippen LogP contribution in [0.1, 0.15) is 12.8 Å². The molecule has 0 amide bonds. The van der Waals surface area contributed by atoms with E-state index in [0.717, 1.165) is 18.4 Å². The van der Waals surface area contributed by atoms with E-state index < -0.39 is 0 Å². The van der Waals surface area contributed by atoms with Crippen LogP contribution >= 0.6 is 11.8 Å². The van der Waals surface area contributed by atoms with Crippen LogP contribution in [0, 0.1) is 0 Å². The summed E-state index contributed by atoms with van der Waals surface area (Å²) in [6.45, 7) is 7.81. The highest BCUT2D eigenvalue weighted by atomic mass is 32.2. The van der Waals surface area contributed by atoms with E-state index in [2.05, 4.69) is 37.3 Å². The summed E-state index contributed by atoms with van der Waals surface area (Å²) in [5, 5.41) is 0.361. The molecule has 0 saturated heterocycles. The minimum atomic E-state index is 0.361. The Morgan fingerprint density at radius 3 is 3.14 bits per heavy atom. The van der Waals surface area contributed by atoms with Crippen molar-refractivity contribution in [2.75, 3.05) is 7.05 Å². The highest BCUT2D eigenvalue weighted by molar-refractivity contribution is 8.04. The average molecular weight is 205 g/mol. The summed E-state index contributed by atoms with van der Waals surface area (Å²) in [5.41, 5.74) is 2.56. The van der Waals surface area contributed by atoms with Crippen LogP contribution in [0.3, 0.4) is 0 Å². The molecule has 0 aromatic rings. The highest BCUT2D eigenvalue weighted by Crippen LogP contribution is 2.44. The van der Waals surface area contributed by atoms with Gasteiger partial charge in [-0.25, -0.2) is 0 Å². The molecule has 0 unspecified atom stereocenters. The SMILES string of the molecule is C=CC(=C)[C@H]1SC2=C(CCC=C2)N1C. The lowest BCUT2D eigenvalue weighted by molar-refractivity contribution is 0.420. The van der Waals surface area contributed by atoms with Crippen LogP contribution in [0.4, 0.5) is 0 Å². The van der Waals surface area contributed by atoms with Gasteiger partial charge in [0.1, 0.15) is 5.37 Å².